The first-order chi connectivity index (χ1) is 65.9. The van der Waals surface area contributed by atoms with Gasteiger partial charge in [-0.2, -0.15) is 0 Å². The first-order valence-corrected chi connectivity index (χ1v) is 46.3. The molecule has 0 spiro atoms. The monoisotopic (exact) mass is 2080 g/mol. The second-order valence-electron chi connectivity index (χ2n) is 31.1. The predicted octanol–water partition coefficient (Wildman–Crippen LogP) is 21.2. The normalized spacial score (nSPS) is 17.5. The summed E-state index contributed by atoms with van der Waals surface area (Å²) in [4.78, 5) is 82.7. The van der Waals surface area contributed by atoms with Crippen molar-refractivity contribution >= 4 is 219 Å². The van der Waals surface area contributed by atoms with Gasteiger partial charge < -0.3 is 89.9 Å². The van der Waals surface area contributed by atoms with E-state index in [1.54, 1.807) is 73.2 Å². The van der Waals surface area contributed by atoms with Crippen LogP contribution in [0.1, 0.15) is 44.9 Å². The summed E-state index contributed by atoms with van der Waals surface area (Å²) in [7, 11) is 12.0. The fourth-order valence-corrected chi connectivity index (χ4v) is 19.5. The van der Waals surface area contributed by atoms with Crippen LogP contribution < -0.4 is 80.4 Å². The van der Waals surface area contributed by atoms with Crippen molar-refractivity contribution in [1.29, 1.82) is 0 Å². The van der Waals surface area contributed by atoms with Gasteiger partial charge in [-0.15, -0.1) is 0 Å². The molecule has 4 aliphatic rings. The quantitative estimate of drug-likeness (QED) is 0.0211. The van der Waals surface area contributed by atoms with E-state index in [1.807, 2.05) is 12.1 Å². The summed E-state index contributed by atoms with van der Waals surface area (Å²) in [6.07, 6.45) is 17.9. The molecule has 8 N–H and O–H groups in total. The SMILES string of the molecule is C=CC(=O)N[C@H]1CCCC[C@H]1Nc1ncc2cc(-c3c(Cl)c(OC)cc(OC)c3Cl)cc(F)c2n1.C=CC(=O)N[C@H]1CCC[C@H]1Nc1ncc2cc(-c3c(Cl)c(OC)cc(OC)c3Cl)cc(Cl)c2n1.C=CC(=O)N[C@H]1COC[C@H]1Nc1ncc2cc(-c3c(Cl)c(OC)cc(OC)c3Cl)c(Cl)cc2n1.C=CC(=O)N[C@H]1COC[C@H]1Nc1ncc2cc(-c3c(Cl)c(OC)cc(OC)c3Cl)cc(Cl)c2n1. The van der Waals surface area contributed by atoms with Gasteiger partial charge in [-0.25, -0.2) is 44.3 Å². The summed E-state index contributed by atoms with van der Waals surface area (Å²) in [5.41, 5.74) is 6.16. The van der Waals surface area contributed by atoms with Crippen molar-refractivity contribution in [3.05, 3.63) is 209 Å². The Balaban J connectivity index is 0.000000154. The van der Waals surface area contributed by atoms with Gasteiger partial charge in [0.1, 0.15) is 57.3 Å². The van der Waals surface area contributed by atoms with Gasteiger partial charge in [0, 0.05) is 123 Å². The molecule has 8 aromatic carbocycles. The van der Waals surface area contributed by atoms with Gasteiger partial charge in [0.2, 0.25) is 47.4 Å². The molecule has 12 aromatic rings. The van der Waals surface area contributed by atoms with Gasteiger partial charge in [0.15, 0.2) is 0 Å². The van der Waals surface area contributed by atoms with Crippen molar-refractivity contribution in [2.45, 2.75) is 93.3 Å². The van der Waals surface area contributed by atoms with Gasteiger partial charge in [-0.3, -0.25) is 19.2 Å². The number of nitrogens with zero attached hydrogens (tertiary/aromatic N) is 8. The number of carbonyl (C=O) groups is 4. The number of methoxy groups -OCH3 is 8. The van der Waals surface area contributed by atoms with E-state index in [0.29, 0.717) is 213 Å². The molecule has 8 atom stereocenters. The van der Waals surface area contributed by atoms with Crippen LogP contribution in [0.25, 0.3) is 88.1 Å². The Morgan fingerprint density at radius 2 is 0.613 bits per heavy atom. The molecule has 4 amide bonds. The maximum absolute atomic E-state index is 15.3. The van der Waals surface area contributed by atoms with Crippen molar-refractivity contribution in [3.63, 3.8) is 0 Å². The molecule has 2 saturated heterocycles. The van der Waals surface area contributed by atoms with Crippen LogP contribution in [0, 0.1) is 5.82 Å². The minimum atomic E-state index is -0.558. The molecule has 42 heteroatoms. The Kier molecular flexibility index (Phi) is 35.2. The van der Waals surface area contributed by atoms with Crippen molar-refractivity contribution in [3.8, 4) is 90.5 Å². The van der Waals surface area contributed by atoms with E-state index in [-0.39, 0.29) is 93.5 Å². The summed E-state index contributed by atoms with van der Waals surface area (Å²) >= 11 is 72.3. The van der Waals surface area contributed by atoms with Gasteiger partial charge in [-0.05, 0) is 122 Å². The van der Waals surface area contributed by atoms with Crippen LogP contribution in [-0.2, 0) is 28.7 Å². The van der Waals surface area contributed by atoms with E-state index >= 15 is 4.39 Å². The van der Waals surface area contributed by atoms with Gasteiger partial charge >= 0.3 is 0 Å². The number of amides is 4. The van der Waals surface area contributed by atoms with E-state index in [1.165, 1.54) is 93.4 Å². The third-order valence-corrected chi connectivity index (χ3v) is 26.7. The molecule has 30 nitrogen and oxygen atoms in total. The zero-order valence-corrected chi connectivity index (χ0v) is 82.9. The summed E-state index contributed by atoms with van der Waals surface area (Å²) in [6.45, 7) is 15.5. The maximum Gasteiger partial charge on any atom is 0.243 e. The van der Waals surface area contributed by atoms with Gasteiger partial charge in [0.25, 0.3) is 0 Å². The highest BCUT2D eigenvalue weighted by Crippen LogP contribution is 2.53. The molecule has 6 heterocycles. The van der Waals surface area contributed by atoms with Crippen LogP contribution in [0.3, 0.4) is 0 Å². The zero-order chi connectivity index (χ0) is 98.3. The Bertz CT molecular complexity index is 6350. The Hall–Kier alpha value is -11.4. The summed E-state index contributed by atoms with van der Waals surface area (Å²) in [6, 6.07) is 19.1. The highest BCUT2D eigenvalue weighted by Gasteiger charge is 2.35. The molecule has 137 heavy (non-hydrogen) atoms. The number of nitrogens with one attached hydrogen (secondary N) is 8. The molecule has 2 aliphatic heterocycles. The number of aromatic nitrogens is 8. The number of fused-ring (bicyclic) bond motifs is 4. The largest absolute Gasteiger partial charge is 0.495 e. The van der Waals surface area contributed by atoms with Crippen LogP contribution in [-0.4, -0.2) is 195 Å². The number of carbonyl (C=O) groups excluding carboxylic acids is 4. The molecule has 2 saturated carbocycles. The molecule has 16 rings (SSSR count). The van der Waals surface area contributed by atoms with E-state index in [4.69, 9.17) is 175 Å². The number of benzene rings is 8. The van der Waals surface area contributed by atoms with E-state index in [9.17, 15) is 19.2 Å². The number of rotatable bonds is 28. The topological polar surface area (TPSA) is 360 Å². The Morgan fingerprint density at radius 3 is 0.971 bits per heavy atom. The third-order valence-electron chi connectivity index (χ3n) is 22.8. The molecule has 4 fully saturated rings. The summed E-state index contributed by atoms with van der Waals surface area (Å²) in [5.74, 6) is 3.14. The van der Waals surface area contributed by atoms with Crippen LogP contribution in [0.15, 0.2) is 148 Å². The maximum atomic E-state index is 15.3. The number of halogens is 12. The molecule has 718 valence electrons. The van der Waals surface area contributed by atoms with Gasteiger partial charge in [-0.1, -0.05) is 167 Å². The second kappa shape index (κ2) is 46.8. The molecule has 0 bridgehead atoms. The molecule has 0 radical (unpaired) electrons. The standard InChI is InChI=1S/C25H25Cl2FN4O3.C24H23Cl3N4O3.2C23H21Cl3N4O4/c1-4-20(33)30-16-7-5-6-8-17(16)31-25-29-12-14-9-13(10-15(28)24(14)32-25)21-22(26)18(34-2)11-19(35-3)23(21)27;1-4-19(32)29-15-6-5-7-16(15)30-24-28-11-13-8-12(9-14(25)23(13)31-24)20-21(26)17(33-2)10-18(34-3)22(20)27;1-4-19(31)28-15-9-34-10-16(15)30-23-27-8-11-5-12(13(24)6-14(11)29-23)20-21(25)17(32-2)7-18(33-3)22(20)26;1-4-18(31)28-14-9-34-10-15(14)29-23-27-8-12-5-11(6-13(24)22(12)30-23)19-20(25)16(32-2)7-17(33-3)21(19)26/h4,9-12,16-17H,1,5-8H2,2-3H3,(H,30,33)(H,29,31,32);4,8-11,15-16H,1,5-7H2,2-3H3,(H,29,32)(H,28,30,31);4-8,15-16H,1,9-10H2,2-3H3,(H,28,31)(H,27,29,30);4-8,14-15H,1,9-10H2,2-3H3,(H,28,31)(H,27,29,30)/t16-,17+;2*15-,16+;14-,15+/m0000/s1. The average molecular weight is 2090 g/mol. The van der Waals surface area contributed by atoms with Crippen LogP contribution in [0.2, 0.25) is 55.2 Å². The molecule has 0 unspecified atom stereocenters. The number of hydrogen-bond acceptors (Lipinski definition) is 26. The third kappa shape index (κ3) is 23.6. The van der Waals surface area contributed by atoms with Crippen LogP contribution in [0.4, 0.5) is 28.2 Å². The highest BCUT2D eigenvalue weighted by molar-refractivity contribution is 6.45. The minimum absolute atomic E-state index is 0.0151. The second-order valence-corrected chi connectivity index (χ2v) is 35.3. The lowest BCUT2D eigenvalue weighted by atomic mass is 9.90. The van der Waals surface area contributed by atoms with E-state index in [0.717, 1.165) is 50.3 Å². The molecular formula is C95H90Cl11FN16O14. The lowest BCUT2D eigenvalue weighted by Gasteiger charge is -2.32. The molecule has 2 aliphatic carbocycles. The van der Waals surface area contributed by atoms with Crippen molar-refractivity contribution in [2.75, 3.05) is 105 Å². The van der Waals surface area contributed by atoms with Crippen molar-refractivity contribution in [2.24, 2.45) is 0 Å². The summed E-state index contributed by atoms with van der Waals surface area (Å²) < 4.78 is 69.1. The lowest BCUT2D eigenvalue weighted by molar-refractivity contribution is -0.118. The minimum Gasteiger partial charge on any atom is -0.495 e. The summed E-state index contributed by atoms with van der Waals surface area (Å²) in [5, 5.41) is 30.8. The fourth-order valence-electron chi connectivity index (χ4n) is 15.9. The van der Waals surface area contributed by atoms with E-state index in [2.05, 4.69) is 109 Å². The predicted molar refractivity (Wildman–Crippen MR) is 539 cm³/mol. The smallest absolute Gasteiger partial charge is 0.243 e. The van der Waals surface area contributed by atoms with Crippen molar-refractivity contribution < 1.29 is 70.9 Å². The fraction of sp³-hybridized carbons (Fsp3) is 0.284. The lowest BCUT2D eigenvalue weighted by Crippen LogP contribution is -2.48. The zero-order valence-electron chi connectivity index (χ0n) is 74.6. The number of anilines is 4. The first-order valence-electron chi connectivity index (χ1n) is 42.1. The molecular weight excluding hydrogens is 2000 g/mol. The number of ether oxygens (including phenoxy) is 10. The van der Waals surface area contributed by atoms with Gasteiger partial charge in [0.05, 0.1) is 179 Å². The van der Waals surface area contributed by atoms with E-state index < -0.39 is 5.82 Å². The molecule has 4 aromatic heterocycles. The van der Waals surface area contributed by atoms with Crippen LogP contribution >= 0.6 is 128 Å². The highest BCUT2D eigenvalue weighted by atomic mass is 35.5. The van der Waals surface area contributed by atoms with Crippen molar-refractivity contribution in [1.82, 2.24) is 61.1 Å². The Morgan fingerprint density at radius 1 is 0.328 bits per heavy atom. The number of hydrogen-bond donors (Lipinski definition) is 8. The average Bonchev–Trinajstić information content (AvgIpc) is 1.12. The Labute approximate surface area is 841 Å². The van der Waals surface area contributed by atoms with Crippen LogP contribution in [0.5, 0.6) is 46.0 Å². The first kappa shape index (κ1) is 103.